The molecule has 6 nitrogen and oxygen atoms in total. The first-order chi connectivity index (χ1) is 26.5. The Hall–Kier alpha value is -5.98. The molecule has 1 aliphatic rings. The Morgan fingerprint density at radius 3 is 1.80 bits per heavy atom. The van der Waals surface area contributed by atoms with Gasteiger partial charge in [-0.1, -0.05) is 165 Å². The summed E-state index contributed by atoms with van der Waals surface area (Å²) in [5, 5.41) is 15.8. The van der Waals surface area contributed by atoms with Crippen LogP contribution >= 0.6 is 11.6 Å². The predicted molar refractivity (Wildman–Crippen MR) is 219 cm³/mol. The van der Waals surface area contributed by atoms with E-state index in [2.05, 4.69) is 142 Å². The van der Waals surface area contributed by atoms with E-state index in [0.717, 1.165) is 74.3 Å². The second-order valence-electron chi connectivity index (χ2n) is 13.8. The first-order valence-electron chi connectivity index (χ1n) is 18.6. The maximum Gasteiger partial charge on any atom is 0.205 e. The summed E-state index contributed by atoms with van der Waals surface area (Å²) in [6.45, 7) is 6.39. The Balaban J connectivity index is 1.33. The third kappa shape index (κ3) is 6.16. The minimum Gasteiger partial charge on any atom is -0.278 e. The smallest absolute Gasteiger partial charge is 0.205 e. The number of tetrazole rings is 1. The molecule has 1 unspecified atom stereocenters. The fourth-order valence-electron chi connectivity index (χ4n) is 7.91. The van der Waals surface area contributed by atoms with Crippen LogP contribution in [0.15, 0.2) is 157 Å². The van der Waals surface area contributed by atoms with Crippen LogP contribution in [-0.4, -0.2) is 31.4 Å². The van der Waals surface area contributed by atoms with E-state index in [9.17, 15) is 0 Å². The average molecular weight is 725 g/mol. The summed E-state index contributed by atoms with van der Waals surface area (Å²) < 4.78 is 0. The highest BCUT2D eigenvalue weighted by Crippen LogP contribution is 2.42. The van der Waals surface area contributed by atoms with Gasteiger partial charge in [-0.15, -0.1) is 15.0 Å². The van der Waals surface area contributed by atoms with Gasteiger partial charge in [0.05, 0.1) is 10.7 Å². The topological polar surface area (TPSA) is 68.8 Å². The van der Waals surface area contributed by atoms with E-state index in [-0.39, 0.29) is 0 Å². The highest BCUT2D eigenvalue weighted by molar-refractivity contribution is 6.32. The Labute approximate surface area is 321 Å². The van der Waals surface area contributed by atoms with Crippen molar-refractivity contribution < 1.29 is 0 Å². The highest BCUT2D eigenvalue weighted by Gasteiger charge is 2.41. The van der Waals surface area contributed by atoms with Crippen LogP contribution in [0.2, 0.25) is 5.02 Å². The Morgan fingerprint density at radius 2 is 1.26 bits per heavy atom. The molecule has 0 spiro atoms. The molecule has 8 rings (SSSR count). The zero-order chi connectivity index (χ0) is 37.1. The standard InChI is InChI=1S/C47H41ClN6/c1-4-41-43(46(3)29-18-30-49-46)40(44(48)42(5-2)50-41)32-33-27-28-38(34-19-10-6-11-20-34)39(31-33)45-51-53-54(52-45)47(35-21-12-7-13-22-35,36-23-14-8-15-24-36)37-25-16-9-17-26-37/h6-31H,4-5,32H2,1-3H3. The van der Waals surface area contributed by atoms with Crippen molar-refractivity contribution in [1.82, 2.24) is 25.2 Å². The SMILES string of the molecule is CCc1nc(CC)c(C2(C)C=CC=N2)c(Cc2ccc(-c3ccccc3)c(-c3nnn(C(c4ccccc4)(c4ccccc4)c4ccccc4)n3)c2)c1Cl. The first-order valence-corrected chi connectivity index (χ1v) is 18.9. The van der Waals surface area contributed by atoms with Crippen LogP contribution in [0.3, 0.4) is 0 Å². The van der Waals surface area contributed by atoms with Gasteiger partial charge < -0.3 is 0 Å². The number of halogens is 1. The summed E-state index contributed by atoms with van der Waals surface area (Å²) in [6.07, 6.45) is 8.13. The van der Waals surface area contributed by atoms with Gasteiger partial charge in [0.2, 0.25) is 5.82 Å². The van der Waals surface area contributed by atoms with E-state index >= 15 is 0 Å². The molecule has 1 aliphatic heterocycles. The Morgan fingerprint density at radius 1 is 0.685 bits per heavy atom. The summed E-state index contributed by atoms with van der Waals surface area (Å²) in [4.78, 5) is 11.7. The molecule has 0 bridgehead atoms. The van der Waals surface area contributed by atoms with Gasteiger partial charge in [0, 0.05) is 23.0 Å². The average Bonchev–Trinajstić information content (AvgIpc) is 3.91. The summed E-state index contributed by atoms with van der Waals surface area (Å²) in [5.41, 5.74) is 9.76. The number of aliphatic imine (C=N–C) groups is 1. The number of aromatic nitrogens is 5. The largest absolute Gasteiger partial charge is 0.278 e. The number of benzene rings is 5. The van der Waals surface area contributed by atoms with Gasteiger partial charge in [-0.05, 0) is 82.5 Å². The van der Waals surface area contributed by atoms with Gasteiger partial charge >= 0.3 is 0 Å². The first kappa shape index (κ1) is 35.1. The Bertz CT molecular complexity index is 2350. The third-order valence-corrected chi connectivity index (χ3v) is 10.9. The number of hydrogen-bond donors (Lipinski definition) is 0. The second kappa shape index (κ2) is 14.8. The van der Waals surface area contributed by atoms with Crippen molar-refractivity contribution in [3.05, 3.63) is 201 Å². The van der Waals surface area contributed by atoms with Crippen molar-refractivity contribution in [2.45, 2.75) is 51.1 Å². The quantitative estimate of drug-likeness (QED) is 0.125. The monoisotopic (exact) mass is 724 g/mol. The lowest BCUT2D eigenvalue weighted by molar-refractivity contribution is 0.396. The number of pyridine rings is 1. The van der Waals surface area contributed by atoms with Crippen molar-refractivity contribution in [3.8, 4) is 22.5 Å². The summed E-state index contributed by atoms with van der Waals surface area (Å²) >= 11 is 7.27. The van der Waals surface area contributed by atoms with Crippen molar-refractivity contribution in [3.63, 3.8) is 0 Å². The van der Waals surface area contributed by atoms with Gasteiger partial charge in [0.1, 0.15) is 5.54 Å². The lowest BCUT2D eigenvalue weighted by Gasteiger charge is -2.34. The van der Waals surface area contributed by atoms with E-state index < -0.39 is 11.1 Å². The van der Waals surface area contributed by atoms with Crippen molar-refractivity contribution in [1.29, 1.82) is 0 Å². The van der Waals surface area contributed by atoms with Gasteiger partial charge in [0.25, 0.3) is 0 Å². The second-order valence-corrected chi connectivity index (χ2v) is 14.2. The van der Waals surface area contributed by atoms with Crippen LogP contribution in [0.5, 0.6) is 0 Å². The molecule has 0 amide bonds. The number of aryl methyl sites for hydroxylation is 2. The highest BCUT2D eigenvalue weighted by atomic mass is 35.5. The van der Waals surface area contributed by atoms with Crippen LogP contribution in [0.25, 0.3) is 22.5 Å². The van der Waals surface area contributed by atoms with Crippen LogP contribution in [0, 0.1) is 0 Å². The molecule has 0 saturated heterocycles. The Kier molecular flexibility index (Phi) is 9.61. The molecular formula is C47H41ClN6. The maximum atomic E-state index is 7.27. The van der Waals surface area contributed by atoms with Crippen LogP contribution < -0.4 is 0 Å². The van der Waals surface area contributed by atoms with Gasteiger partial charge in [-0.2, -0.15) is 0 Å². The lowest BCUT2D eigenvalue weighted by atomic mass is 9.77. The van der Waals surface area contributed by atoms with E-state index in [1.165, 1.54) is 0 Å². The normalized spacial score (nSPS) is 15.2. The minimum absolute atomic E-state index is 0.530. The minimum atomic E-state index is -0.892. The molecule has 3 heterocycles. The van der Waals surface area contributed by atoms with E-state index in [4.69, 9.17) is 37.0 Å². The third-order valence-electron chi connectivity index (χ3n) is 10.5. The van der Waals surface area contributed by atoms with Gasteiger partial charge in [0.15, 0.2) is 5.54 Å². The molecule has 1 atom stereocenters. The summed E-state index contributed by atoms with van der Waals surface area (Å²) in [6, 6.07) is 48.2. The van der Waals surface area contributed by atoms with E-state index in [0.29, 0.717) is 17.3 Å². The molecule has 54 heavy (non-hydrogen) atoms. The van der Waals surface area contributed by atoms with E-state index in [1.54, 1.807) is 4.80 Å². The fraction of sp³-hybridized carbons (Fsp3) is 0.170. The number of nitrogens with zero attached hydrogens (tertiary/aromatic N) is 6. The zero-order valence-electron chi connectivity index (χ0n) is 30.7. The van der Waals surface area contributed by atoms with Crippen molar-refractivity contribution in [2.75, 3.05) is 0 Å². The molecule has 0 fully saturated rings. The van der Waals surface area contributed by atoms with E-state index in [1.807, 2.05) is 36.6 Å². The molecule has 0 radical (unpaired) electrons. The molecule has 266 valence electrons. The maximum absolute atomic E-state index is 7.27. The molecule has 0 aliphatic carbocycles. The summed E-state index contributed by atoms with van der Waals surface area (Å²) in [5.74, 6) is 0.530. The molecule has 0 saturated carbocycles. The molecule has 7 aromatic rings. The molecular weight excluding hydrogens is 684 g/mol. The molecule has 5 aromatic carbocycles. The fourth-order valence-corrected chi connectivity index (χ4v) is 8.24. The number of hydrogen-bond acceptors (Lipinski definition) is 5. The molecule has 0 N–H and O–H groups in total. The van der Waals surface area contributed by atoms with Crippen molar-refractivity contribution in [2.24, 2.45) is 4.99 Å². The summed E-state index contributed by atoms with van der Waals surface area (Å²) in [7, 11) is 0. The predicted octanol–water partition coefficient (Wildman–Crippen LogP) is 10.5. The zero-order valence-corrected chi connectivity index (χ0v) is 31.4. The van der Waals surface area contributed by atoms with Crippen LogP contribution in [0.1, 0.15) is 65.5 Å². The number of rotatable bonds is 11. The lowest BCUT2D eigenvalue weighted by Crippen LogP contribution is -2.39. The van der Waals surface area contributed by atoms with Crippen LogP contribution in [-0.2, 0) is 30.3 Å². The van der Waals surface area contributed by atoms with Crippen molar-refractivity contribution >= 4 is 17.8 Å². The number of allylic oxidation sites excluding steroid dienone is 1. The van der Waals surface area contributed by atoms with Gasteiger partial charge in [-0.25, -0.2) is 0 Å². The molecule has 2 aromatic heterocycles. The van der Waals surface area contributed by atoms with Gasteiger partial charge in [-0.3, -0.25) is 9.98 Å². The molecule has 7 heteroatoms. The van der Waals surface area contributed by atoms with Crippen LogP contribution in [0.4, 0.5) is 0 Å².